The lowest BCUT2D eigenvalue weighted by molar-refractivity contribution is -0.0660. The van der Waals surface area contributed by atoms with E-state index < -0.39 is 0 Å². The molecular formula is C15H22N2O. The maximum Gasteiger partial charge on any atom is 0.0645 e. The zero-order chi connectivity index (χ0) is 12.5. The van der Waals surface area contributed by atoms with Gasteiger partial charge in [-0.1, -0.05) is 17.7 Å². The van der Waals surface area contributed by atoms with Crippen LogP contribution in [0.15, 0.2) is 18.2 Å². The highest BCUT2D eigenvalue weighted by molar-refractivity contribution is 5.54. The Hall–Kier alpha value is -1.06. The second-order valence-electron chi connectivity index (χ2n) is 5.50. The SMILES string of the molecule is Cc1ccc(N2CCN(C3COC3)CC2)c(C)c1. The Kier molecular flexibility index (Phi) is 3.27. The molecule has 0 atom stereocenters. The molecule has 2 aliphatic heterocycles. The molecule has 0 spiro atoms. The minimum atomic E-state index is 0.686. The van der Waals surface area contributed by atoms with Gasteiger partial charge in [-0.2, -0.15) is 0 Å². The topological polar surface area (TPSA) is 15.7 Å². The van der Waals surface area contributed by atoms with E-state index in [1.54, 1.807) is 0 Å². The minimum absolute atomic E-state index is 0.686. The molecule has 3 rings (SSSR count). The second-order valence-corrected chi connectivity index (χ2v) is 5.50. The molecule has 0 saturated carbocycles. The third kappa shape index (κ3) is 2.25. The summed E-state index contributed by atoms with van der Waals surface area (Å²) in [5.41, 5.74) is 4.15. The number of rotatable bonds is 2. The Bertz CT molecular complexity index is 421. The first-order valence-corrected chi connectivity index (χ1v) is 6.88. The van der Waals surface area contributed by atoms with Gasteiger partial charge in [0.25, 0.3) is 0 Å². The van der Waals surface area contributed by atoms with Crippen LogP contribution < -0.4 is 4.90 Å². The first-order valence-electron chi connectivity index (χ1n) is 6.88. The summed E-state index contributed by atoms with van der Waals surface area (Å²) >= 11 is 0. The summed E-state index contributed by atoms with van der Waals surface area (Å²) in [5.74, 6) is 0. The van der Waals surface area contributed by atoms with Crippen LogP contribution in [0, 0.1) is 13.8 Å². The van der Waals surface area contributed by atoms with E-state index in [2.05, 4.69) is 41.8 Å². The lowest BCUT2D eigenvalue weighted by atomic mass is 10.1. The lowest BCUT2D eigenvalue weighted by Crippen LogP contribution is -2.56. The zero-order valence-electron chi connectivity index (χ0n) is 11.4. The highest BCUT2D eigenvalue weighted by Gasteiger charge is 2.29. The van der Waals surface area contributed by atoms with E-state index in [9.17, 15) is 0 Å². The summed E-state index contributed by atoms with van der Waals surface area (Å²) in [7, 11) is 0. The van der Waals surface area contributed by atoms with Gasteiger partial charge in [-0.05, 0) is 25.5 Å². The van der Waals surface area contributed by atoms with E-state index in [1.807, 2.05) is 0 Å². The van der Waals surface area contributed by atoms with E-state index in [1.165, 1.54) is 29.9 Å². The Morgan fingerprint density at radius 3 is 2.33 bits per heavy atom. The van der Waals surface area contributed by atoms with E-state index in [0.29, 0.717) is 6.04 Å². The Balaban J connectivity index is 1.64. The summed E-state index contributed by atoms with van der Waals surface area (Å²) in [6, 6.07) is 7.45. The Morgan fingerprint density at radius 1 is 1.06 bits per heavy atom. The summed E-state index contributed by atoms with van der Waals surface area (Å²) in [4.78, 5) is 5.09. The van der Waals surface area contributed by atoms with Gasteiger partial charge in [-0.3, -0.25) is 4.90 Å². The van der Waals surface area contributed by atoms with Crippen LogP contribution in [0.5, 0.6) is 0 Å². The number of piperazine rings is 1. The molecule has 2 aliphatic rings. The van der Waals surface area contributed by atoms with Gasteiger partial charge in [-0.25, -0.2) is 0 Å². The van der Waals surface area contributed by atoms with Gasteiger partial charge >= 0.3 is 0 Å². The van der Waals surface area contributed by atoms with Crippen molar-refractivity contribution in [3.63, 3.8) is 0 Å². The van der Waals surface area contributed by atoms with Crippen molar-refractivity contribution < 1.29 is 4.74 Å². The van der Waals surface area contributed by atoms with E-state index in [-0.39, 0.29) is 0 Å². The van der Waals surface area contributed by atoms with Crippen LogP contribution in [0.2, 0.25) is 0 Å². The first kappa shape index (κ1) is 12.0. The van der Waals surface area contributed by atoms with Crippen molar-refractivity contribution in [3.05, 3.63) is 29.3 Å². The van der Waals surface area contributed by atoms with Crippen molar-refractivity contribution >= 4 is 5.69 Å². The van der Waals surface area contributed by atoms with Crippen LogP contribution in [0.3, 0.4) is 0 Å². The van der Waals surface area contributed by atoms with Gasteiger partial charge in [0, 0.05) is 31.9 Å². The predicted molar refractivity (Wildman–Crippen MR) is 74.3 cm³/mol. The third-order valence-electron chi connectivity index (χ3n) is 4.14. The average molecular weight is 246 g/mol. The van der Waals surface area contributed by atoms with Gasteiger partial charge in [0.2, 0.25) is 0 Å². The summed E-state index contributed by atoms with van der Waals surface area (Å²) < 4.78 is 5.28. The third-order valence-corrected chi connectivity index (χ3v) is 4.14. The van der Waals surface area contributed by atoms with Gasteiger partial charge in [0.05, 0.1) is 19.3 Å². The molecular weight excluding hydrogens is 224 g/mol. The monoisotopic (exact) mass is 246 g/mol. The first-order chi connectivity index (χ1) is 8.74. The quantitative estimate of drug-likeness (QED) is 0.792. The van der Waals surface area contributed by atoms with E-state index >= 15 is 0 Å². The molecule has 0 amide bonds. The molecule has 2 heterocycles. The Morgan fingerprint density at radius 2 is 1.78 bits per heavy atom. The maximum atomic E-state index is 5.28. The molecule has 0 unspecified atom stereocenters. The van der Waals surface area contributed by atoms with Gasteiger partial charge in [-0.15, -0.1) is 0 Å². The molecule has 0 bridgehead atoms. The van der Waals surface area contributed by atoms with Crippen molar-refractivity contribution in [2.24, 2.45) is 0 Å². The van der Waals surface area contributed by atoms with E-state index in [0.717, 1.165) is 26.3 Å². The molecule has 0 aliphatic carbocycles. The number of hydrogen-bond donors (Lipinski definition) is 0. The van der Waals surface area contributed by atoms with Gasteiger partial charge < -0.3 is 9.64 Å². The number of benzene rings is 1. The standard InChI is InChI=1S/C15H22N2O/c1-12-3-4-15(13(2)9-12)17-7-5-16(6-8-17)14-10-18-11-14/h3-4,9,14H,5-8,10-11H2,1-2H3. The maximum absolute atomic E-state index is 5.28. The van der Waals surface area contributed by atoms with Crippen molar-refractivity contribution in [3.8, 4) is 0 Å². The fraction of sp³-hybridized carbons (Fsp3) is 0.600. The molecule has 0 N–H and O–H groups in total. The average Bonchev–Trinajstić information content (AvgIpc) is 2.28. The van der Waals surface area contributed by atoms with E-state index in [4.69, 9.17) is 4.74 Å². The molecule has 0 aromatic heterocycles. The number of hydrogen-bond acceptors (Lipinski definition) is 3. The molecule has 18 heavy (non-hydrogen) atoms. The number of aryl methyl sites for hydroxylation is 2. The van der Waals surface area contributed by atoms with Crippen molar-refractivity contribution in [1.29, 1.82) is 0 Å². The molecule has 3 heteroatoms. The Labute approximate surface area is 109 Å². The highest BCUT2D eigenvalue weighted by Crippen LogP contribution is 2.23. The van der Waals surface area contributed by atoms with Gasteiger partial charge in [0.15, 0.2) is 0 Å². The smallest absolute Gasteiger partial charge is 0.0645 e. The van der Waals surface area contributed by atoms with Crippen LogP contribution in [0.25, 0.3) is 0 Å². The molecule has 0 radical (unpaired) electrons. The predicted octanol–water partition coefficient (Wildman–Crippen LogP) is 1.82. The minimum Gasteiger partial charge on any atom is -0.378 e. The van der Waals surface area contributed by atoms with Crippen molar-refractivity contribution in [1.82, 2.24) is 4.90 Å². The fourth-order valence-corrected chi connectivity index (χ4v) is 2.92. The van der Waals surface area contributed by atoms with Crippen molar-refractivity contribution in [2.45, 2.75) is 19.9 Å². The summed E-state index contributed by atoms with van der Waals surface area (Å²) in [6.45, 7) is 10.9. The van der Waals surface area contributed by atoms with Crippen LogP contribution in [-0.2, 0) is 4.74 Å². The second kappa shape index (κ2) is 4.90. The summed E-state index contributed by atoms with van der Waals surface area (Å²) in [6.07, 6.45) is 0. The van der Waals surface area contributed by atoms with Crippen LogP contribution in [0.4, 0.5) is 5.69 Å². The fourth-order valence-electron chi connectivity index (χ4n) is 2.92. The molecule has 1 aromatic carbocycles. The molecule has 1 aromatic rings. The number of anilines is 1. The van der Waals surface area contributed by atoms with Crippen molar-refractivity contribution in [2.75, 3.05) is 44.3 Å². The highest BCUT2D eigenvalue weighted by atomic mass is 16.5. The largest absolute Gasteiger partial charge is 0.378 e. The van der Waals surface area contributed by atoms with Gasteiger partial charge in [0.1, 0.15) is 0 Å². The lowest BCUT2D eigenvalue weighted by Gasteiger charge is -2.43. The van der Waals surface area contributed by atoms with Crippen LogP contribution in [-0.4, -0.2) is 50.3 Å². The van der Waals surface area contributed by atoms with Crippen LogP contribution in [0.1, 0.15) is 11.1 Å². The van der Waals surface area contributed by atoms with Crippen LogP contribution >= 0.6 is 0 Å². The zero-order valence-corrected chi connectivity index (χ0v) is 11.4. The molecule has 98 valence electrons. The number of ether oxygens (including phenoxy) is 1. The summed E-state index contributed by atoms with van der Waals surface area (Å²) in [5, 5.41) is 0. The molecule has 2 saturated heterocycles. The molecule has 2 fully saturated rings. The molecule has 3 nitrogen and oxygen atoms in total. The number of nitrogens with zero attached hydrogens (tertiary/aromatic N) is 2. The normalized spacial score (nSPS) is 22.0.